The quantitative estimate of drug-likeness (QED) is 0.824. The third-order valence-electron chi connectivity index (χ3n) is 4.99. The van der Waals surface area contributed by atoms with E-state index in [0.717, 1.165) is 24.5 Å². The molecular formula is C16H22N6O2. The van der Waals surface area contributed by atoms with Crippen LogP contribution >= 0.6 is 0 Å². The molecule has 4 heterocycles. The molecule has 2 aliphatic heterocycles. The van der Waals surface area contributed by atoms with Crippen LogP contribution in [0.1, 0.15) is 37.4 Å². The van der Waals surface area contributed by atoms with Crippen molar-refractivity contribution in [1.29, 1.82) is 0 Å². The Morgan fingerprint density at radius 3 is 2.67 bits per heavy atom. The Hall–Kier alpha value is -2.22. The van der Waals surface area contributed by atoms with Gasteiger partial charge in [0.2, 0.25) is 11.8 Å². The van der Waals surface area contributed by atoms with Gasteiger partial charge in [-0.25, -0.2) is 9.67 Å². The zero-order valence-electron chi connectivity index (χ0n) is 14.0. The molecule has 0 spiro atoms. The Bertz CT molecular complexity index is 691. The smallest absolute Gasteiger partial charge is 0.229 e. The molecule has 24 heavy (non-hydrogen) atoms. The molecule has 0 N–H and O–H groups in total. The van der Waals surface area contributed by atoms with Crippen molar-refractivity contribution in [2.24, 2.45) is 0 Å². The molecule has 0 radical (unpaired) electrons. The maximum atomic E-state index is 5.24. The van der Waals surface area contributed by atoms with Crippen molar-refractivity contribution in [2.45, 2.75) is 50.4 Å². The molecule has 2 aromatic rings. The molecule has 2 fully saturated rings. The maximum Gasteiger partial charge on any atom is 0.229 e. The second-order valence-corrected chi connectivity index (χ2v) is 6.44. The minimum atomic E-state index is 0.377. The average molecular weight is 330 g/mol. The minimum absolute atomic E-state index is 0.377. The fourth-order valence-electron chi connectivity index (χ4n) is 3.97. The number of rotatable bonds is 5. The summed E-state index contributed by atoms with van der Waals surface area (Å²) in [6, 6.07) is 3.04. The van der Waals surface area contributed by atoms with Crippen molar-refractivity contribution in [3.63, 3.8) is 0 Å². The van der Waals surface area contributed by atoms with Gasteiger partial charge in [0.1, 0.15) is 5.69 Å². The zero-order chi connectivity index (χ0) is 16.5. The van der Waals surface area contributed by atoms with Crippen LogP contribution < -0.4 is 9.64 Å². The number of methoxy groups -OCH3 is 2. The van der Waals surface area contributed by atoms with Gasteiger partial charge < -0.3 is 14.4 Å². The number of piperidine rings is 1. The van der Waals surface area contributed by atoms with Gasteiger partial charge in [0.15, 0.2) is 0 Å². The summed E-state index contributed by atoms with van der Waals surface area (Å²) in [5.74, 6) is 1.39. The first-order valence-corrected chi connectivity index (χ1v) is 8.33. The van der Waals surface area contributed by atoms with Gasteiger partial charge in [-0.05, 0) is 25.7 Å². The van der Waals surface area contributed by atoms with Crippen LogP contribution in [0.2, 0.25) is 0 Å². The summed E-state index contributed by atoms with van der Waals surface area (Å²) in [5, 5.41) is 8.48. The second-order valence-electron chi connectivity index (χ2n) is 6.44. The first-order valence-electron chi connectivity index (χ1n) is 8.33. The van der Waals surface area contributed by atoms with E-state index in [4.69, 9.17) is 9.47 Å². The summed E-state index contributed by atoms with van der Waals surface area (Å²) < 4.78 is 12.4. The molecular weight excluding hydrogens is 308 g/mol. The zero-order valence-corrected chi connectivity index (χ0v) is 14.0. The van der Waals surface area contributed by atoms with Crippen molar-refractivity contribution in [2.75, 3.05) is 19.1 Å². The lowest BCUT2D eigenvalue weighted by Crippen LogP contribution is -2.44. The van der Waals surface area contributed by atoms with Crippen molar-refractivity contribution in [3.8, 4) is 5.88 Å². The van der Waals surface area contributed by atoms with Crippen molar-refractivity contribution < 1.29 is 9.47 Å². The van der Waals surface area contributed by atoms with Gasteiger partial charge in [-0.15, -0.1) is 5.10 Å². The monoisotopic (exact) mass is 330 g/mol. The van der Waals surface area contributed by atoms with Gasteiger partial charge in [-0.2, -0.15) is 4.98 Å². The number of ether oxygens (including phenoxy) is 2. The van der Waals surface area contributed by atoms with Crippen LogP contribution in [0.3, 0.4) is 0 Å². The topological polar surface area (TPSA) is 78.2 Å². The molecule has 2 atom stereocenters. The average Bonchev–Trinajstić information content (AvgIpc) is 3.18. The molecule has 128 valence electrons. The van der Waals surface area contributed by atoms with Crippen LogP contribution in [0.4, 0.5) is 5.95 Å². The van der Waals surface area contributed by atoms with Crippen molar-refractivity contribution in [1.82, 2.24) is 25.0 Å². The Balaban J connectivity index is 1.52. The lowest BCUT2D eigenvalue weighted by atomic mass is 9.98. The van der Waals surface area contributed by atoms with Crippen LogP contribution in [0, 0.1) is 0 Å². The molecule has 0 aromatic carbocycles. The van der Waals surface area contributed by atoms with Gasteiger partial charge >= 0.3 is 0 Å². The van der Waals surface area contributed by atoms with Gasteiger partial charge in [0.05, 0.1) is 26.0 Å². The number of aromatic nitrogens is 5. The number of nitrogens with zero attached hydrogens (tertiary/aromatic N) is 6. The van der Waals surface area contributed by atoms with Crippen molar-refractivity contribution in [3.05, 3.63) is 24.2 Å². The standard InChI is InChI=1S/C16H22N6O2/c1-23-10-11-9-21(20-19-11)14-7-12-3-4-13(8-14)22(12)16-17-6-5-15(18-16)24-2/h5-6,9,12-14H,3-4,7-8,10H2,1-2H3. The van der Waals surface area contributed by atoms with Crippen LogP contribution in [0.15, 0.2) is 18.5 Å². The third-order valence-corrected chi connectivity index (χ3v) is 4.99. The third kappa shape index (κ3) is 2.71. The largest absolute Gasteiger partial charge is 0.481 e. The van der Waals surface area contributed by atoms with E-state index in [2.05, 4.69) is 25.2 Å². The van der Waals surface area contributed by atoms with Crippen LogP contribution in [0.25, 0.3) is 0 Å². The Morgan fingerprint density at radius 1 is 1.17 bits per heavy atom. The van der Waals surface area contributed by atoms with E-state index in [1.165, 1.54) is 12.8 Å². The van der Waals surface area contributed by atoms with E-state index in [1.807, 2.05) is 10.9 Å². The SMILES string of the molecule is COCc1cn(C2CC3CCC(C2)N3c2nccc(OC)n2)nn1. The van der Waals surface area contributed by atoms with E-state index in [9.17, 15) is 0 Å². The molecule has 2 bridgehead atoms. The Morgan fingerprint density at radius 2 is 1.96 bits per heavy atom. The van der Waals surface area contributed by atoms with Gasteiger partial charge in [0.25, 0.3) is 0 Å². The Kier molecular flexibility index (Phi) is 4.05. The maximum absolute atomic E-state index is 5.24. The molecule has 2 unspecified atom stereocenters. The summed E-state index contributed by atoms with van der Waals surface area (Å²) in [4.78, 5) is 11.4. The fraction of sp³-hybridized carbons (Fsp3) is 0.625. The van der Waals surface area contributed by atoms with E-state index in [-0.39, 0.29) is 0 Å². The molecule has 4 rings (SSSR count). The predicted molar refractivity (Wildman–Crippen MR) is 86.9 cm³/mol. The summed E-state index contributed by atoms with van der Waals surface area (Å²) >= 11 is 0. The Labute approximate surface area is 140 Å². The van der Waals surface area contributed by atoms with Gasteiger partial charge in [0, 0.05) is 31.5 Å². The normalized spacial score (nSPS) is 25.9. The molecule has 8 heteroatoms. The van der Waals surface area contributed by atoms with Crippen LogP contribution in [0.5, 0.6) is 5.88 Å². The lowest BCUT2D eigenvalue weighted by Gasteiger charge is -2.38. The summed E-state index contributed by atoms with van der Waals surface area (Å²) in [6.07, 6.45) is 8.18. The van der Waals surface area contributed by atoms with E-state index in [0.29, 0.717) is 30.6 Å². The van der Waals surface area contributed by atoms with E-state index >= 15 is 0 Å². The van der Waals surface area contributed by atoms with Gasteiger partial charge in [-0.1, -0.05) is 5.21 Å². The highest BCUT2D eigenvalue weighted by Gasteiger charge is 2.43. The van der Waals surface area contributed by atoms with Crippen LogP contribution in [-0.2, 0) is 11.3 Å². The van der Waals surface area contributed by atoms with Crippen molar-refractivity contribution >= 4 is 5.95 Å². The number of hydrogen-bond acceptors (Lipinski definition) is 7. The minimum Gasteiger partial charge on any atom is -0.481 e. The molecule has 2 aromatic heterocycles. The molecule has 2 aliphatic rings. The predicted octanol–water partition coefficient (Wildman–Crippen LogP) is 1.60. The number of hydrogen-bond donors (Lipinski definition) is 0. The molecule has 0 aliphatic carbocycles. The summed E-state index contributed by atoms with van der Waals surface area (Å²) in [5.41, 5.74) is 0.878. The van der Waals surface area contributed by atoms with Gasteiger partial charge in [-0.3, -0.25) is 0 Å². The highest BCUT2D eigenvalue weighted by atomic mass is 16.5. The number of anilines is 1. The summed E-state index contributed by atoms with van der Waals surface area (Å²) in [7, 11) is 3.31. The highest BCUT2D eigenvalue weighted by Crippen LogP contribution is 2.42. The summed E-state index contributed by atoms with van der Waals surface area (Å²) in [6.45, 7) is 0.503. The second kappa shape index (κ2) is 6.35. The lowest BCUT2D eigenvalue weighted by molar-refractivity contribution is 0.181. The molecule has 8 nitrogen and oxygen atoms in total. The van der Waals surface area contributed by atoms with Crippen LogP contribution in [-0.4, -0.2) is 51.3 Å². The van der Waals surface area contributed by atoms with E-state index in [1.54, 1.807) is 26.5 Å². The fourth-order valence-corrected chi connectivity index (χ4v) is 3.97. The van der Waals surface area contributed by atoms with E-state index < -0.39 is 0 Å². The molecule has 0 amide bonds. The first kappa shape index (κ1) is 15.3. The highest BCUT2D eigenvalue weighted by molar-refractivity contribution is 5.38. The number of fused-ring (bicyclic) bond motifs is 2. The first-order chi connectivity index (χ1) is 11.8. The molecule has 2 saturated heterocycles. The molecule has 0 saturated carbocycles.